The normalized spacial score (nSPS) is 14.5. The minimum absolute atomic E-state index is 0.228. The zero-order valence-corrected chi connectivity index (χ0v) is 11.6. The third-order valence-corrected chi connectivity index (χ3v) is 2.92. The lowest BCUT2D eigenvalue weighted by Gasteiger charge is -2.30. The lowest BCUT2D eigenvalue weighted by atomic mass is 10.1. The smallest absolute Gasteiger partial charge is 0.163 e. The molecule has 18 heavy (non-hydrogen) atoms. The van der Waals surface area contributed by atoms with E-state index in [-0.39, 0.29) is 5.54 Å². The predicted molar refractivity (Wildman–Crippen MR) is 73.7 cm³/mol. The first-order valence-electron chi connectivity index (χ1n) is 6.27. The number of fused-ring (bicyclic) bond motifs is 1. The maximum atomic E-state index is 6.06. The van der Waals surface area contributed by atoms with Gasteiger partial charge in [-0.15, -0.1) is 0 Å². The number of rotatable bonds is 3. The van der Waals surface area contributed by atoms with Crippen LogP contribution < -0.4 is 20.1 Å². The fraction of sp³-hybridized carbons (Fsp3) is 0.571. The SMILES string of the molecule is Cc1cc2c(cc1N(C)CC(C)(C)N)OCCO2. The number of anilines is 1. The van der Waals surface area contributed by atoms with Crippen LogP contribution in [0.5, 0.6) is 11.5 Å². The van der Waals surface area contributed by atoms with Crippen LogP contribution in [0.25, 0.3) is 0 Å². The summed E-state index contributed by atoms with van der Waals surface area (Å²) in [5.74, 6) is 1.66. The summed E-state index contributed by atoms with van der Waals surface area (Å²) in [4.78, 5) is 2.16. The molecule has 0 unspecified atom stereocenters. The fourth-order valence-electron chi connectivity index (χ4n) is 2.29. The second kappa shape index (κ2) is 4.69. The van der Waals surface area contributed by atoms with Gasteiger partial charge in [0.1, 0.15) is 13.2 Å². The van der Waals surface area contributed by atoms with E-state index in [1.54, 1.807) is 0 Å². The molecule has 0 saturated heterocycles. The van der Waals surface area contributed by atoms with Gasteiger partial charge in [0, 0.05) is 30.9 Å². The van der Waals surface area contributed by atoms with Crippen molar-refractivity contribution in [1.29, 1.82) is 0 Å². The number of benzene rings is 1. The van der Waals surface area contributed by atoms with E-state index in [9.17, 15) is 0 Å². The van der Waals surface area contributed by atoms with Crippen molar-refractivity contribution in [1.82, 2.24) is 0 Å². The lowest BCUT2D eigenvalue weighted by molar-refractivity contribution is 0.171. The van der Waals surface area contributed by atoms with Gasteiger partial charge in [0.25, 0.3) is 0 Å². The summed E-state index contributed by atoms with van der Waals surface area (Å²) < 4.78 is 11.2. The summed E-state index contributed by atoms with van der Waals surface area (Å²) in [6, 6.07) is 4.07. The lowest BCUT2D eigenvalue weighted by Crippen LogP contribution is -2.44. The van der Waals surface area contributed by atoms with Gasteiger partial charge in [-0.2, -0.15) is 0 Å². The van der Waals surface area contributed by atoms with Crippen LogP contribution in [-0.4, -0.2) is 32.3 Å². The summed E-state index contributed by atoms with van der Waals surface area (Å²) in [6.45, 7) is 8.15. The molecule has 100 valence electrons. The van der Waals surface area contributed by atoms with E-state index >= 15 is 0 Å². The monoisotopic (exact) mass is 250 g/mol. The van der Waals surface area contributed by atoms with Gasteiger partial charge in [-0.1, -0.05) is 0 Å². The van der Waals surface area contributed by atoms with E-state index in [4.69, 9.17) is 15.2 Å². The Morgan fingerprint density at radius 3 is 2.33 bits per heavy atom. The zero-order chi connectivity index (χ0) is 13.3. The largest absolute Gasteiger partial charge is 0.486 e. The topological polar surface area (TPSA) is 47.7 Å². The predicted octanol–water partition coefficient (Wildman–Crippen LogP) is 1.94. The molecule has 1 aromatic rings. The highest BCUT2D eigenvalue weighted by Gasteiger charge is 2.19. The van der Waals surface area contributed by atoms with Gasteiger partial charge in [-0.05, 0) is 32.4 Å². The van der Waals surface area contributed by atoms with E-state index in [1.165, 1.54) is 5.56 Å². The van der Waals surface area contributed by atoms with E-state index in [1.807, 2.05) is 33.0 Å². The van der Waals surface area contributed by atoms with Crippen molar-refractivity contribution in [2.45, 2.75) is 26.3 Å². The molecule has 0 spiro atoms. The van der Waals surface area contributed by atoms with Gasteiger partial charge >= 0.3 is 0 Å². The van der Waals surface area contributed by atoms with Crippen molar-refractivity contribution in [2.24, 2.45) is 5.73 Å². The number of hydrogen-bond donors (Lipinski definition) is 1. The Morgan fingerprint density at radius 1 is 1.22 bits per heavy atom. The molecule has 2 N–H and O–H groups in total. The van der Waals surface area contributed by atoms with Gasteiger partial charge in [0.2, 0.25) is 0 Å². The molecule has 0 radical (unpaired) electrons. The molecule has 0 bridgehead atoms. The molecule has 0 saturated carbocycles. The quantitative estimate of drug-likeness (QED) is 0.890. The summed E-state index contributed by atoms with van der Waals surface area (Å²) in [6.07, 6.45) is 0. The first-order chi connectivity index (χ1) is 8.37. The minimum atomic E-state index is -0.228. The average molecular weight is 250 g/mol. The van der Waals surface area contributed by atoms with Gasteiger partial charge in [-0.3, -0.25) is 0 Å². The Labute approximate surface area is 109 Å². The van der Waals surface area contributed by atoms with E-state index < -0.39 is 0 Å². The van der Waals surface area contributed by atoms with Crippen LogP contribution in [-0.2, 0) is 0 Å². The van der Waals surface area contributed by atoms with Crippen LogP contribution in [0.15, 0.2) is 12.1 Å². The molecular formula is C14H22N2O2. The number of hydrogen-bond acceptors (Lipinski definition) is 4. The zero-order valence-electron chi connectivity index (χ0n) is 11.6. The molecule has 0 aromatic heterocycles. The molecule has 1 heterocycles. The standard InChI is InChI=1S/C14H22N2O2/c1-10-7-12-13(18-6-5-17-12)8-11(10)16(4)9-14(2,3)15/h7-8H,5-6,9,15H2,1-4H3. The molecule has 0 aliphatic carbocycles. The van der Waals surface area contributed by atoms with E-state index in [2.05, 4.69) is 11.8 Å². The Morgan fingerprint density at radius 2 is 1.78 bits per heavy atom. The van der Waals surface area contributed by atoms with Crippen molar-refractivity contribution < 1.29 is 9.47 Å². The molecule has 0 atom stereocenters. The van der Waals surface area contributed by atoms with Crippen molar-refractivity contribution in [3.05, 3.63) is 17.7 Å². The fourth-order valence-corrected chi connectivity index (χ4v) is 2.29. The van der Waals surface area contributed by atoms with Crippen LogP contribution >= 0.6 is 0 Å². The number of nitrogens with zero attached hydrogens (tertiary/aromatic N) is 1. The molecule has 0 fully saturated rings. The molecule has 1 aliphatic rings. The summed E-state index contributed by atoms with van der Waals surface area (Å²) in [7, 11) is 2.05. The highest BCUT2D eigenvalue weighted by atomic mass is 16.6. The van der Waals surface area contributed by atoms with Crippen molar-refractivity contribution in [2.75, 3.05) is 31.7 Å². The maximum Gasteiger partial charge on any atom is 0.163 e. The minimum Gasteiger partial charge on any atom is -0.486 e. The second-order valence-corrected chi connectivity index (χ2v) is 5.63. The van der Waals surface area contributed by atoms with Crippen molar-refractivity contribution in [3.63, 3.8) is 0 Å². The number of aryl methyl sites for hydroxylation is 1. The maximum absolute atomic E-state index is 6.06. The molecular weight excluding hydrogens is 228 g/mol. The first kappa shape index (κ1) is 13.0. The first-order valence-corrected chi connectivity index (χ1v) is 6.27. The molecule has 1 aromatic carbocycles. The molecule has 1 aliphatic heterocycles. The van der Waals surface area contributed by atoms with Crippen LogP contribution in [0.3, 0.4) is 0 Å². The van der Waals surface area contributed by atoms with E-state index in [0.29, 0.717) is 13.2 Å². The Hall–Kier alpha value is -1.42. The van der Waals surface area contributed by atoms with Gasteiger partial charge < -0.3 is 20.1 Å². The van der Waals surface area contributed by atoms with E-state index in [0.717, 1.165) is 23.7 Å². The summed E-state index contributed by atoms with van der Waals surface area (Å²) in [5, 5.41) is 0. The third-order valence-electron chi connectivity index (χ3n) is 2.92. The van der Waals surface area contributed by atoms with Gasteiger partial charge in [0.15, 0.2) is 11.5 Å². The average Bonchev–Trinajstić information content (AvgIpc) is 2.25. The Bertz CT molecular complexity index is 438. The van der Waals surface area contributed by atoms with Gasteiger partial charge in [-0.25, -0.2) is 0 Å². The number of nitrogens with two attached hydrogens (primary N) is 1. The molecule has 2 rings (SSSR count). The molecule has 4 heteroatoms. The van der Waals surface area contributed by atoms with Gasteiger partial charge in [0.05, 0.1) is 0 Å². The van der Waals surface area contributed by atoms with Crippen LogP contribution in [0.1, 0.15) is 19.4 Å². The van der Waals surface area contributed by atoms with Crippen LogP contribution in [0.2, 0.25) is 0 Å². The molecule has 0 amide bonds. The third kappa shape index (κ3) is 2.88. The van der Waals surface area contributed by atoms with Crippen LogP contribution in [0.4, 0.5) is 5.69 Å². The van der Waals surface area contributed by atoms with Crippen molar-refractivity contribution in [3.8, 4) is 11.5 Å². The number of likely N-dealkylation sites (N-methyl/N-ethyl adjacent to an activating group) is 1. The molecule has 4 nitrogen and oxygen atoms in total. The highest BCUT2D eigenvalue weighted by molar-refractivity contribution is 5.61. The van der Waals surface area contributed by atoms with Crippen LogP contribution in [0, 0.1) is 6.92 Å². The number of ether oxygens (including phenoxy) is 2. The summed E-state index contributed by atoms with van der Waals surface area (Å²) >= 11 is 0. The summed E-state index contributed by atoms with van der Waals surface area (Å²) in [5.41, 5.74) is 8.15. The highest BCUT2D eigenvalue weighted by Crippen LogP contribution is 2.36. The van der Waals surface area contributed by atoms with Crippen molar-refractivity contribution >= 4 is 5.69 Å². The second-order valence-electron chi connectivity index (χ2n) is 5.63. The Balaban J connectivity index is 2.27. The Kier molecular flexibility index (Phi) is 3.39.